The number of carbonyl (C=O) groups is 1. The van der Waals surface area contributed by atoms with Gasteiger partial charge in [0.25, 0.3) is 0 Å². The molecule has 0 spiro atoms. The Morgan fingerprint density at radius 1 is 0.923 bits per heavy atom. The summed E-state index contributed by atoms with van der Waals surface area (Å²) in [5, 5.41) is 1.93. The normalized spacial score (nSPS) is 12.4. The first-order valence-electron chi connectivity index (χ1n) is 11.2. The number of carbonyl (C=O) groups excluding carboxylic acids is 1. The molecule has 1 amide bonds. The van der Waals surface area contributed by atoms with Gasteiger partial charge in [0, 0.05) is 12.2 Å². The molecule has 0 atom stereocenters. The van der Waals surface area contributed by atoms with Crippen LogP contribution in [0, 0.1) is 0 Å². The Morgan fingerprint density at radius 2 is 1.51 bits per heavy atom. The fraction of sp³-hybridized carbons (Fsp3) is 0.240. The summed E-state index contributed by atoms with van der Waals surface area (Å²) in [5.74, 6) is -0.950. The van der Waals surface area contributed by atoms with Gasteiger partial charge in [0.05, 0.1) is 34.2 Å². The van der Waals surface area contributed by atoms with Gasteiger partial charge in [-0.15, -0.1) is 0 Å². The van der Waals surface area contributed by atoms with E-state index in [0.717, 1.165) is 10.4 Å². The summed E-state index contributed by atoms with van der Waals surface area (Å²) < 4.78 is 112. The number of halogens is 7. The Bertz CT molecular complexity index is 1400. The smallest absolute Gasteiger partial charge is 0.416 e. The predicted octanol–water partition coefficient (Wildman–Crippen LogP) is 6.61. The maximum absolute atomic E-state index is 13.5. The lowest BCUT2D eigenvalue weighted by Gasteiger charge is -2.23. The van der Waals surface area contributed by atoms with Gasteiger partial charge in [-0.25, -0.2) is 8.42 Å². The number of nitrogens with zero attached hydrogens (tertiary/aromatic N) is 1. The number of amides is 1. The summed E-state index contributed by atoms with van der Waals surface area (Å²) >= 11 is 6.12. The molecule has 0 heterocycles. The average Bonchev–Trinajstić information content (AvgIpc) is 2.84. The van der Waals surface area contributed by atoms with Crippen LogP contribution in [0.2, 0.25) is 5.02 Å². The quantitative estimate of drug-likeness (QED) is 0.283. The minimum Gasteiger partial charge on any atom is -0.492 e. The Morgan fingerprint density at radius 3 is 2.03 bits per heavy atom. The highest BCUT2D eigenvalue weighted by Crippen LogP contribution is 2.37. The molecule has 0 unspecified atom stereocenters. The zero-order chi connectivity index (χ0) is 29.0. The predicted molar refractivity (Wildman–Crippen MR) is 132 cm³/mol. The van der Waals surface area contributed by atoms with Crippen molar-refractivity contribution in [3.8, 4) is 5.75 Å². The van der Waals surface area contributed by atoms with Crippen LogP contribution in [0.4, 0.5) is 32.0 Å². The summed E-state index contributed by atoms with van der Waals surface area (Å²) in [6.45, 7) is 0.693. The van der Waals surface area contributed by atoms with Crippen LogP contribution in [0.3, 0.4) is 0 Å². The van der Waals surface area contributed by atoms with E-state index < -0.39 is 51.6 Å². The van der Waals surface area contributed by atoms with Gasteiger partial charge in [0.15, 0.2) is 0 Å². The molecule has 3 aromatic rings. The van der Waals surface area contributed by atoms with Gasteiger partial charge in [-0.3, -0.25) is 4.79 Å². The van der Waals surface area contributed by atoms with Gasteiger partial charge in [-0.05, 0) is 48.9 Å². The molecule has 0 radical (unpaired) electrons. The molecule has 0 aliphatic rings. The van der Waals surface area contributed by atoms with Gasteiger partial charge in [0.1, 0.15) is 5.75 Å². The van der Waals surface area contributed by atoms with Gasteiger partial charge in [-0.1, -0.05) is 41.9 Å². The molecule has 0 saturated carbocycles. The maximum atomic E-state index is 13.5. The fourth-order valence-corrected chi connectivity index (χ4v) is 5.18. The summed E-state index contributed by atoms with van der Waals surface area (Å²) in [5.41, 5.74) is -3.61. The number of ether oxygens (including phenoxy) is 1. The van der Waals surface area contributed by atoms with Crippen molar-refractivity contribution >= 4 is 33.2 Å². The van der Waals surface area contributed by atoms with E-state index in [-0.39, 0.29) is 34.9 Å². The number of nitrogens with one attached hydrogen (secondary N) is 1. The molecule has 0 saturated heterocycles. The van der Waals surface area contributed by atoms with E-state index in [9.17, 15) is 39.6 Å². The SMILES string of the molecule is CCOc1ccc(S(=O)(=O)N(CC(=O)Nc2cc(C(F)(F)F)cc(C(F)(F)F)c2)Cc2ccccc2)cc1Cl. The number of anilines is 1. The molecule has 0 fully saturated rings. The van der Waals surface area contributed by atoms with Crippen LogP contribution in [0.5, 0.6) is 5.75 Å². The Kier molecular flexibility index (Phi) is 9.19. The van der Waals surface area contributed by atoms with Crippen LogP contribution in [0.25, 0.3) is 0 Å². The van der Waals surface area contributed by atoms with Crippen molar-refractivity contribution < 1.29 is 44.3 Å². The number of rotatable bonds is 9. The van der Waals surface area contributed by atoms with E-state index in [2.05, 4.69) is 0 Å². The van der Waals surface area contributed by atoms with Gasteiger partial charge in [0.2, 0.25) is 15.9 Å². The Balaban J connectivity index is 1.95. The highest BCUT2D eigenvalue weighted by atomic mass is 35.5. The number of sulfonamides is 1. The maximum Gasteiger partial charge on any atom is 0.416 e. The third kappa shape index (κ3) is 7.87. The second-order valence-electron chi connectivity index (χ2n) is 8.13. The van der Waals surface area contributed by atoms with E-state index in [1.807, 2.05) is 5.32 Å². The first-order chi connectivity index (χ1) is 18.1. The number of hydrogen-bond donors (Lipinski definition) is 1. The van der Waals surface area contributed by atoms with Crippen LogP contribution in [0.1, 0.15) is 23.6 Å². The van der Waals surface area contributed by atoms with Crippen molar-refractivity contribution in [3.63, 3.8) is 0 Å². The minimum absolute atomic E-state index is 0.0225. The zero-order valence-electron chi connectivity index (χ0n) is 20.1. The Labute approximate surface area is 225 Å². The molecule has 14 heteroatoms. The lowest BCUT2D eigenvalue weighted by atomic mass is 10.1. The van der Waals surface area contributed by atoms with Gasteiger partial charge >= 0.3 is 12.4 Å². The monoisotopic (exact) mass is 594 g/mol. The molecular weight excluding hydrogens is 574 g/mol. The van der Waals surface area contributed by atoms with Crippen molar-refractivity contribution in [3.05, 3.63) is 88.4 Å². The summed E-state index contributed by atoms with van der Waals surface area (Å²) in [6.07, 6.45) is -10.3. The topological polar surface area (TPSA) is 75.7 Å². The van der Waals surface area contributed by atoms with Crippen LogP contribution >= 0.6 is 11.6 Å². The van der Waals surface area contributed by atoms with Crippen molar-refractivity contribution in [1.29, 1.82) is 0 Å². The highest BCUT2D eigenvalue weighted by molar-refractivity contribution is 7.89. The van der Waals surface area contributed by atoms with Crippen molar-refractivity contribution in [2.24, 2.45) is 0 Å². The first-order valence-corrected chi connectivity index (χ1v) is 13.0. The van der Waals surface area contributed by atoms with E-state index in [4.69, 9.17) is 16.3 Å². The summed E-state index contributed by atoms with van der Waals surface area (Å²) in [7, 11) is -4.43. The van der Waals surface area contributed by atoms with Crippen molar-refractivity contribution in [2.75, 3.05) is 18.5 Å². The average molecular weight is 595 g/mol. The minimum atomic E-state index is -5.13. The highest BCUT2D eigenvalue weighted by Gasteiger charge is 2.37. The van der Waals surface area contributed by atoms with Crippen LogP contribution < -0.4 is 10.1 Å². The standard InChI is InChI=1S/C25H21ClF6N2O4S/c1-2-38-22-9-8-20(13-21(22)26)39(36,37)34(14-16-6-4-3-5-7-16)15-23(35)33-19-11-17(24(27,28)29)10-18(12-19)25(30,31)32/h3-13H,2,14-15H2,1H3,(H,33,35). The number of benzene rings is 3. The second-order valence-corrected chi connectivity index (χ2v) is 10.5. The molecular formula is C25H21ClF6N2O4S. The van der Waals surface area contributed by atoms with E-state index in [1.165, 1.54) is 12.1 Å². The fourth-order valence-electron chi connectivity index (χ4n) is 3.46. The van der Waals surface area contributed by atoms with Crippen LogP contribution in [-0.4, -0.2) is 31.8 Å². The van der Waals surface area contributed by atoms with Gasteiger partial charge in [-0.2, -0.15) is 30.6 Å². The Hall–Kier alpha value is -3.29. The van der Waals surface area contributed by atoms with Crippen LogP contribution in [0.15, 0.2) is 71.6 Å². The number of hydrogen-bond acceptors (Lipinski definition) is 4. The molecule has 6 nitrogen and oxygen atoms in total. The second kappa shape index (κ2) is 11.8. The van der Waals surface area contributed by atoms with E-state index >= 15 is 0 Å². The third-order valence-electron chi connectivity index (χ3n) is 5.23. The van der Waals surface area contributed by atoms with Gasteiger partial charge < -0.3 is 10.1 Å². The lowest BCUT2D eigenvalue weighted by Crippen LogP contribution is -2.37. The molecule has 39 heavy (non-hydrogen) atoms. The molecule has 0 aliphatic heterocycles. The first kappa shape index (κ1) is 30.3. The van der Waals surface area contributed by atoms with E-state index in [1.54, 1.807) is 37.3 Å². The molecule has 3 aromatic carbocycles. The molecule has 210 valence electrons. The zero-order valence-corrected chi connectivity index (χ0v) is 21.7. The number of alkyl halides is 6. The molecule has 0 aromatic heterocycles. The van der Waals surface area contributed by atoms with Crippen molar-refractivity contribution in [1.82, 2.24) is 4.31 Å². The molecule has 3 rings (SSSR count). The summed E-state index contributed by atoms with van der Waals surface area (Å²) in [6, 6.07) is 12.3. The largest absolute Gasteiger partial charge is 0.492 e. The summed E-state index contributed by atoms with van der Waals surface area (Å²) in [4.78, 5) is 12.5. The molecule has 0 bridgehead atoms. The van der Waals surface area contributed by atoms with Crippen LogP contribution in [-0.2, 0) is 33.7 Å². The molecule has 1 N–H and O–H groups in total. The molecule has 0 aliphatic carbocycles. The third-order valence-corrected chi connectivity index (χ3v) is 7.32. The lowest BCUT2D eigenvalue weighted by molar-refractivity contribution is -0.143. The van der Waals surface area contributed by atoms with E-state index in [0.29, 0.717) is 17.7 Å². The van der Waals surface area contributed by atoms with Crippen molar-refractivity contribution in [2.45, 2.75) is 30.7 Å².